The normalized spacial score (nSPS) is 8.91. The van der Waals surface area contributed by atoms with Crippen molar-refractivity contribution < 1.29 is 0 Å². The van der Waals surface area contributed by atoms with Gasteiger partial charge in [0.1, 0.15) is 0 Å². The molecule has 0 aliphatic carbocycles. The van der Waals surface area contributed by atoms with Gasteiger partial charge in [-0.2, -0.15) is 4.99 Å². The summed E-state index contributed by atoms with van der Waals surface area (Å²) >= 11 is 10.3. The second kappa shape index (κ2) is 3.63. The number of hydrogen-bond acceptors (Lipinski definition) is 2. The minimum absolute atomic E-state index is 0.613. The molecule has 3 heteroatoms. The zero-order chi connectivity index (χ0) is 8.27. The Kier molecular flexibility index (Phi) is 2.77. The molecule has 0 bridgehead atoms. The fourth-order valence-electron chi connectivity index (χ4n) is 0.810. The van der Waals surface area contributed by atoms with Gasteiger partial charge in [-0.25, -0.2) is 0 Å². The highest BCUT2D eigenvalue weighted by molar-refractivity contribution is 7.78. The number of halogens is 1. The van der Waals surface area contributed by atoms with Crippen LogP contribution in [0.25, 0.3) is 0 Å². The van der Waals surface area contributed by atoms with Crippen LogP contribution in [-0.4, -0.2) is 5.16 Å². The molecule has 1 aromatic rings. The SMILES string of the molecule is Cc1cccc(Cl)c1N=C=S. The predicted octanol–water partition coefficient (Wildman–Crippen LogP) is 3.38. The smallest absolute Gasteiger partial charge is 0.0954 e. The third-order valence-electron chi connectivity index (χ3n) is 1.35. The van der Waals surface area contributed by atoms with E-state index in [9.17, 15) is 0 Å². The van der Waals surface area contributed by atoms with E-state index in [2.05, 4.69) is 22.4 Å². The quantitative estimate of drug-likeness (QED) is 0.480. The molecule has 0 heterocycles. The molecule has 1 rings (SSSR count). The number of isothiocyanates is 1. The van der Waals surface area contributed by atoms with Crippen molar-refractivity contribution in [2.45, 2.75) is 6.92 Å². The van der Waals surface area contributed by atoms with E-state index < -0.39 is 0 Å². The summed E-state index contributed by atoms with van der Waals surface area (Å²) in [6.45, 7) is 1.93. The van der Waals surface area contributed by atoms with Crippen LogP contribution in [0.15, 0.2) is 23.2 Å². The Labute approximate surface area is 75.7 Å². The lowest BCUT2D eigenvalue weighted by Gasteiger charge is -1.98. The van der Waals surface area contributed by atoms with Crippen molar-refractivity contribution in [1.29, 1.82) is 0 Å². The van der Waals surface area contributed by atoms with Crippen LogP contribution in [-0.2, 0) is 0 Å². The van der Waals surface area contributed by atoms with E-state index in [4.69, 9.17) is 11.6 Å². The van der Waals surface area contributed by atoms with Crippen molar-refractivity contribution in [3.8, 4) is 0 Å². The third kappa shape index (κ3) is 1.87. The third-order valence-corrected chi connectivity index (χ3v) is 1.74. The predicted molar refractivity (Wildman–Crippen MR) is 50.9 cm³/mol. The van der Waals surface area contributed by atoms with Crippen molar-refractivity contribution in [3.63, 3.8) is 0 Å². The van der Waals surface area contributed by atoms with Gasteiger partial charge in [-0.1, -0.05) is 23.7 Å². The summed E-state index contributed by atoms with van der Waals surface area (Å²) in [5.74, 6) is 0. The Balaban J connectivity index is 3.31. The van der Waals surface area contributed by atoms with Gasteiger partial charge in [0.15, 0.2) is 0 Å². The molecule has 0 fully saturated rings. The molecule has 0 radical (unpaired) electrons. The van der Waals surface area contributed by atoms with Gasteiger partial charge >= 0.3 is 0 Å². The summed E-state index contributed by atoms with van der Waals surface area (Å²) < 4.78 is 0. The monoisotopic (exact) mass is 183 g/mol. The summed E-state index contributed by atoms with van der Waals surface area (Å²) in [6.07, 6.45) is 0. The van der Waals surface area contributed by atoms with Crippen LogP contribution in [0.3, 0.4) is 0 Å². The van der Waals surface area contributed by atoms with Gasteiger partial charge in [0.05, 0.1) is 15.9 Å². The lowest BCUT2D eigenvalue weighted by molar-refractivity contribution is 1.41. The van der Waals surface area contributed by atoms with Gasteiger partial charge in [-0.05, 0) is 30.8 Å². The highest BCUT2D eigenvalue weighted by Gasteiger charge is 1.99. The topological polar surface area (TPSA) is 12.4 Å². The van der Waals surface area contributed by atoms with Crippen molar-refractivity contribution in [2.24, 2.45) is 4.99 Å². The molecule has 0 saturated carbocycles. The second-order valence-electron chi connectivity index (χ2n) is 2.11. The van der Waals surface area contributed by atoms with Crippen molar-refractivity contribution in [3.05, 3.63) is 28.8 Å². The number of benzene rings is 1. The molecule has 0 N–H and O–H groups in total. The fraction of sp³-hybridized carbons (Fsp3) is 0.125. The van der Waals surface area contributed by atoms with Crippen LogP contribution in [0.4, 0.5) is 5.69 Å². The first-order valence-corrected chi connectivity index (χ1v) is 3.87. The Morgan fingerprint density at radius 2 is 2.27 bits per heavy atom. The molecule has 1 nitrogen and oxygen atoms in total. The van der Waals surface area contributed by atoms with Gasteiger partial charge in [0, 0.05) is 0 Å². The maximum atomic E-state index is 5.83. The highest BCUT2D eigenvalue weighted by atomic mass is 35.5. The van der Waals surface area contributed by atoms with E-state index in [1.807, 2.05) is 19.1 Å². The molecule has 0 aliphatic rings. The van der Waals surface area contributed by atoms with Crippen LogP contribution in [0.2, 0.25) is 5.02 Å². The molecule has 0 atom stereocenters. The average molecular weight is 184 g/mol. The second-order valence-corrected chi connectivity index (χ2v) is 2.70. The molecule has 0 aliphatic heterocycles. The number of nitrogens with zero attached hydrogens (tertiary/aromatic N) is 1. The lowest BCUT2D eigenvalue weighted by atomic mass is 10.2. The van der Waals surface area contributed by atoms with Crippen LogP contribution in [0.5, 0.6) is 0 Å². The first-order valence-electron chi connectivity index (χ1n) is 3.08. The first-order chi connectivity index (χ1) is 5.25. The number of para-hydroxylation sites is 1. The van der Waals surface area contributed by atoms with E-state index in [1.165, 1.54) is 0 Å². The molecular formula is C8H6ClNS. The van der Waals surface area contributed by atoms with Gasteiger partial charge in [-0.15, -0.1) is 0 Å². The number of aliphatic imine (C=N–C) groups is 1. The molecule has 0 aromatic heterocycles. The van der Waals surface area contributed by atoms with Crippen molar-refractivity contribution in [2.75, 3.05) is 0 Å². The average Bonchev–Trinajstić information content (AvgIpc) is 1.97. The maximum absolute atomic E-state index is 5.83. The molecule has 11 heavy (non-hydrogen) atoms. The van der Waals surface area contributed by atoms with E-state index in [0.717, 1.165) is 5.56 Å². The van der Waals surface area contributed by atoms with E-state index >= 15 is 0 Å². The Hall–Kier alpha value is -0.690. The molecular weight excluding hydrogens is 178 g/mol. The number of aryl methyl sites for hydroxylation is 1. The number of hydrogen-bond donors (Lipinski definition) is 0. The summed E-state index contributed by atoms with van der Waals surface area (Å²) in [4.78, 5) is 3.84. The van der Waals surface area contributed by atoms with Crippen LogP contribution in [0, 0.1) is 6.92 Å². The fourth-order valence-corrected chi connectivity index (χ4v) is 1.17. The Morgan fingerprint density at radius 1 is 1.55 bits per heavy atom. The van der Waals surface area contributed by atoms with E-state index in [1.54, 1.807) is 6.07 Å². The molecule has 1 aromatic carbocycles. The minimum Gasteiger partial charge on any atom is -0.193 e. The largest absolute Gasteiger partial charge is 0.193 e. The van der Waals surface area contributed by atoms with E-state index in [-0.39, 0.29) is 0 Å². The standard InChI is InChI=1S/C8H6ClNS/c1-6-3-2-4-7(9)8(6)10-5-11/h2-4H,1H3. The molecule has 56 valence electrons. The van der Waals surface area contributed by atoms with Crippen LogP contribution >= 0.6 is 23.8 Å². The van der Waals surface area contributed by atoms with Crippen molar-refractivity contribution in [1.82, 2.24) is 0 Å². The molecule has 0 unspecified atom stereocenters. The summed E-state index contributed by atoms with van der Waals surface area (Å²) in [7, 11) is 0. The molecule has 0 spiro atoms. The molecule has 0 saturated heterocycles. The Bertz CT molecular complexity index is 296. The minimum atomic E-state index is 0.613. The van der Waals surface area contributed by atoms with Crippen LogP contribution < -0.4 is 0 Å². The highest BCUT2D eigenvalue weighted by Crippen LogP contribution is 2.27. The van der Waals surface area contributed by atoms with Gasteiger partial charge in [0.2, 0.25) is 0 Å². The Morgan fingerprint density at radius 3 is 2.82 bits per heavy atom. The lowest BCUT2D eigenvalue weighted by Crippen LogP contribution is -1.73. The zero-order valence-electron chi connectivity index (χ0n) is 5.97. The summed E-state index contributed by atoms with van der Waals surface area (Å²) in [5, 5.41) is 2.90. The number of thiocarbonyl (C=S) groups is 1. The van der Waals surface area contributed by atoms with Gasteiger partial charge in [-0.3, -0.25) is 0 Å². The maximum Gasteiger partial charge on any atom is 0.0954 e. The van der Waals surface area contributed by atoms with Crippen LogP contribution in [0.1, 0.15) is 5.56 Å². The summed E-state index contributed by atoms with van der Waals surface area (Å²) in [5.41, 5.74) is 1.72. The van der Waals surface area contributed by atoms with Gasteiger partial charge < -0.3 is 0 Å². The van der Waals surface area contributed by atoms with Gasteiger partial charge in [0.25, 0.3) is 0 Å². The van der Waals surface area contributed by atoms with E-state index in [0.29, 0.717) is 10.7 Å². The summed E-state index contributed by atoms with van der Waals surface area (Å²) in [6, 6.07) is 5.58. The molecule has 0 amide bonds. The van der Waals surface area contributed by atoms with Crippen molar-refractivity contribution >= 4 is 34.7 Å². The first kappa shape index (κ1) is 8.41. The number of rotatable bonds is 1. The zero-order valence-corrected chi connectivity index (χ0v) is 7.54.